The van der Waals surface area contributed by atoms with Gasteiger partial charge in [0.1, 0.15) is 18.5 Å². The topological polar surface area (TPSA) is 0 Å². The zero-order valence-corrected chi connectivity index (χ0v) is 6.28. The summed E-state index contributed by atoms with van der Waals surface area (Å²) >= 11 is 0. The minimum absolute atomic E-state index is 0.119. The summed E-state index contributed by atoms with van der Waals surface area (Å²) in [7, 11) is 0. The summed E-state index contributed by atoms with van der Waals surface area (Å²) < 4.78 is 36.8. The van der Waals surface area contributed by atoms with Crippen molar-refractivity contribution in [2.75, 3.05) is 0 Å². The highest BCUT2D eigenvalue weighted by molar-refractivity contribution is 4.68. The van der Waals surface area contributed by atoms with Gasteiger partial charge in [0, 0.05) is 6.42 Å². The van der Waals surface area contributed by atoms with E-state index in [0.29, 0.717) is 0 Å². The van der Waals surface area contributed by atoms with Crippen molar-refractivity contribution >= 4 is 0 Å². The summed E-state index contributed by atoms with van der Waals surface area (Å²) in [4.78, 5) is 0. The van der Waals surface area contributed by atoms with Gasteiger partial charge in [-0.2, -0.15) is 0 Å². The van der Waals surface area contributed by atoms with Crippen molar-refractivity contribution in [1.82, 2.24) is 0 Å². The van der Waals surface area contributed by atoms with Crippen molar-refractivity contribution < 1.29 is 13.2 Å². The molecule has 0 aliphatic carbocycles. The first-order valence-corrected chi connectivity index (χ1v) is 3.50. The van der Waals surface area contributed by atoms with Crippen LogP contribution in [-0.4, -0.2) is 18.5 Å². The lowest BCUT2D eigenvalue weighted by atomic mass is 10.1. The monoisotopic (exact) mass is 154 g/mol. The van der Waals surface area contributed by atoms with Crippen LogP contribution >= 0.6 is 0 Å². The molecule has 0 nitrogen and oxygen atoms in total. The molecule has 0 radical (unpaired) electrons. The zero-order valence-electron chi connectivity index (χ0n) is 6.28. The molecule has 0 spiro atoms. The average molecular weight is 154 g/mol. The largest absolute Gasteiger partial charge is 0.248 e. The molecule has 0 rings (SSSR count). The van der Waals surface area contributed by atoms with E-state index in [1.165, 1.54) is 6.92 Å². The van der Waals surface area contributed by atoms with Crippen molar-refractivity contribution in [3.05, 3.63) is 0 Å². The second kappa shape index (κ2) is 4.58. The molecule has 0 N–H and O–H groups in total. The first-order chi connectivity index (χ1) is 4.57. The molecule has 3 heteroatoms. The van der Waals surface area contributed by atoms with E-state index >= 15 is 0 Å². The number of halogens is 3. The Kier molecular flexibility index (Phi) is 4.49. The van der Waals surface area contributed by atoms with Gasteiger partial charge < -0.3 is 0 Å². The highest BCUT2D eigenvalue weighted by Crippen LogP contribution is 2.14. The molecule has 3 atom stereocenters. The Labute approximate surface area is 59.4 Å². The molecule has 0 aromatic rings. The highest BCUT2D eigenvalue weighted by Gasteiger charge is 2.20. The summed E-state index contributed by atoms with van der Waals surface area (Å²) in [5, 5.41) is 0. The smallest absolute Gasteiger partial charge is 0.134 e. The molecule has 0 saturated heterocycles. The molecular formula is C7H13F3. The molecule has 0 bridgehead atoms. The first-order valence-electron chi connectivity index (χ1n) is 3.50. The molecule has 0 aromatic carbocycles. The summed E-state index contributed by atoms with van der Waals surface area (Å²) in [5.41, 5.74) is 0. The van der Waals surface area contributed by atoms with Crippen molar-refractivity contribution in [1.29, 1.82) is 0 Å². The number of hydrogen-bond acceptors (Lipinski definition) is 0. The van der Waals surface area contributed by atoms with Crippen molar-refractivity contribution in [3.8, 4) is 0 Å². The second-order valence-electron chi connectivity index (χ2n) is 2.46. The summed E-state index contributed by atoms with van der Waals surface area (Å²) in [6.45, 7) is 2.77. The van der Waals surface area contributed by atoms with Gasteiger partial charge >= 0.3 is 0 Å². The van der Waals surface area contributed by atoms with Gasteiger partial charge in [0.25, 0.3) is 0 Å². The summed E-state index contributed by atoms with van der Waals surface area (Å²) in [5.74, 6) is 0. The second-order valence-corrected chi connectivity index (χ2v) is 2.46. The van der Waals surface area contributed by atoms with Crippen molar-refractivity contribution in [2.45, 2.75) is 45.2 Å². The lowest BCUT2D eigenvalue weighted by Crippen LogP contribution is -2.19. The molecule has 0 heterocycles. The third-order valence-electron chi connectivity index (χ3n) is 1.33. The van der Waals surface area contributed by atoms with E-state index in [1.807, 2.05) is 0 Å². The van der Waals surface area contributed by atoms with Crippen LogP contribution in [0.2, 0.25) is 0 Å². The Morgan fingerprint density at radius 3 is 1.90 bits per heavy atom. The summed E-state index contributed by atoms with van der Waals surface area (Å²) in [6, 6.07) is 0. The van der Waals surface area contributed by atoms with E-state index in [-0.39, 0.29) is 12.8 Å². The van der Waals surface area contributed by atoms with Gasteiger partial charge in [0.05, 0.1) is 0 Å². The van der Waals surface area contributed by atoms with Gasteiger partial charge in [0.15, 0.2) is 0 Å². The Hall–Kier alpha value is -0.210. The Bertz CT molecular complexity index is 82.9. The van der Waals surface area contributed by atoms with Gasteiger partial charge in [-0.25, -0.2) is 13.2 Å². The predicted molar refractivity (Wildman–Crippen MR) is 35.3 cm³/mol. The molecule has 0 amide bonds. The standard InChI is InChI=1S/C7H13F3/c1-3-6(9)7(10)4-5(2)8/h5-7H,3-4H2,1-2H3/t5?,6?,7-/m0/s1. The van der Waals surface area contributed by atoms with Crippen LogP contribution in [0.4, 0.5) is 13.2 Å². The molecule has 0 aliphatic rings. The van der Waals surface area contributed by atoms with Gasteiger partial charge in [-0.05, 0) is 13.3 Å². The highest BCUT2D eigenvalue weighted by atomic mass is 19.2. The third-order valence-corrected chi connectivity index (χ3v) is 1.33. The number of alkyl halides is 3. The zero-order chi connectivity index (χ0) is 8.15. The van der Waals surface area contributed by atoms with E-state index in [9.17, 15) is 13.2 Å². The maximum absolute atomic E-state index is 12.4. The van der Waals surface area contributed by atoms with Crippen LogP contribution in [0.3, 0.4) is 0 Å². The molecule has 0 aromatic heterocycles. The molecule has 10 heavy (non-hydrogen) atoms. The molecule has 0 saturated carbocycles. The Morgan fingerprint density at radius 2 is 1.60 bits per heavy atom. The maximum atomic E-state index is 12.4. The fourth-order valence-electron chi connectivity index (χ4n) is 0.714. The van der Waals surface area contributed by atoms with Crippen molar-refractivity contribution in [3.63, 3.8) is 0 Å². The normalized spacial score (nSPS) is 20.1. The van der Waals surface area contributed by atoms with Crippen LogP contribution in [0.1, 0.15) is 26.7 Å². The minimum Gasteiger partial charge on any atom is -0.248 e. The van der Waals surface area contributed by atoms with E-state index in [2.05, 4.69) is 0 Å². The SMILES string of the molecule is CCC(F)[C@@H](F)CC(C)F. The quantitative estimate of drug-likeness (QED) is 0.584. The van der Waals surface area contributed by atoms with E-state index < -0.39 is 18.5 Å². The van der Waals surface area contributed by atoms with Crippen LogP contribution in [0, 0.1) is 0 Å². The molecule has 0 fully saturated rings. The van der Waals surface area contributed by atoms with Crippen LogP contribution in [0.25, 0.3) is 0 Å². The maximum Gasteiger partial charge on any atom is 0.134 e. The fourth-order valence-corrected chi connectivity index (χ4v) is 0.714. The van der Waals surface area contributed by atoms with Crippen molar-refractivity contribution in [2.24, 2.45) is 0 Å². The number of hydrogen-bond donors (Lipinski definition) is 0. The number of rotatable bonds is 4. The Balaban J connectivity index is 3.50. The van der Waals surface area contributed by atoms with E-state index in [4.69, 9.17) is 0 Å². The first kappa shape index (κ1) is 9.79. The van der Waals surface area contributed by atoms with Crippen LogP contribution < -0.4 is 0 Å². The van der Waals surface area contributed by atoms with E-state index in [1.54, 1.807) is 6.92 Å². The average Bonchev–Trinajstić information content (AvgIpc) is 1.85. The minimum atomic E-state index is -1.63. The molecule has 0 aliphatic heterocycles. The fraction of sp³-hybridized carbons (Fsp3) is 1.00. The van der Waals surface area contributed by atoms with Gasteiger partial charge in [-0.1, -0.05) is 6.92 Å². The van der Waals surface area contributed by atoms with Gasteiger partial charge in [0.2, 0.25) is 0 Å². The van der Waals surface area contributed by atoms with Crippen LogP contribution in [0.15, 0.2) is 0 Å². The molecule has 2 unspecified atom stereocenters. The van der Waals surface area contributed by atoms with Gasteiger partial charge in [-0.3, -0.25) is 0 Å². The van der Waals surface area contributed by atoms with Crippen LogP contribution in [-0.2, 0) is 0 Å². The molecular weight excluding hydrogens is 141 g/mol. The predicted octanol–water partition coefficient (Wildman–Crippen LogP) is 2.82. The van der Waals surface area contributed by atoms with Gasteiger partial charge in [-0.15, -0.1) is 0 Å². The third kappa shape index (κ3) is 3.75. The lowest BCUT2D eigenvalue weighted by molar-refractivity contribution is 0.127. The lowest BCUT2D eigenvalue weighted by Gasteiger charge is -2.11. The van der Waals surface area contributed by atoms with E-state index in [0.717, 1.165) is 0 Å². The Morgan fingerprint density at radius 1 is 1.10 bits per heavy atom. The molecule has 62 valence electrons. The summed E-state index contributed by atoms with van der Waals surface area (Å²) in [6.07, 6.45) is -4.59. The van der Waals surface area contributed by atoms with Crippen LogP contribution in [0.5, 0.6) is 0 Å².